The first kappa shape index (κ1) is 37.2. The molecule has 0 radical (unpaired) electrons. The average molecular weight is 536 g/mol. The molecular formula is C17H16NNa2O12S2-. The molecule has 0 aliphatic carbocycles. The van der Waals surface area contributed by atoms with Crippen molar-refractivity contribution in [2.75, 3.05) is 0 Å². The van der Waals surface area contributed by atoms with Crippen molar-refractivity contribution in [3.8, 4) is 16.9 Å². The number of nitrogens with zero attached hydrogens (tertiary/aromatic N) is 1. The number of hydrogen-bond donors (Lipinski definition) is 1. The third kappa shape index (κ3) is 11.4. The first-order valence-electron chi connectivity index (χ1n) is 7.30. The van der Waals surface area contributed by atoms with E-state index in [1.54, 1.807) is 0 Å². The largest absolute Gasteiger partial charge is 1.00 e. The molecule has 0 fully saturated rings. The van der Waals surface area contributed by atoms with Crippen LogP contribution in [0.2, 0.25) is 0 Å². The average Bonchev–Trinajstić information content (AvgIpc) is 2.60. The van der Waals surface area contributed by atoms with E-state index in [4.69, 9.17) is 21.9 Å². The minimum atomic E-state index is -5.19. The molecule has 0 aliphatic heterocycles. The molecule has 3 rings (SSSR count). The fourth-order valence-corrected chi connectivity index (χ4v) is 2.59. The van der Waals surface area contributed by atoms with Crippen molar-refractivity contribution in [1.82, 2.24) is 0 Å². The molecule has 176 valence electrons. The van der Waals surface area contributed by atoms with Gasteiger partial charge in [0.05, 0.1) is 16.7 Å². The Balaban J connectivity index is -0.000000973. The molecule has 0 spiro atoms. The predicted octanol–water partition coefficient (Wildman–Crippen LogP) is -3.71. The number of rotatable bonds is 4. The maximum atomic E-state index is 12.5. The molecule has 1 heterocycles. The first-order chi connectivity index (χ1) is 13.8. The monoisotopic (exact) mass is 536 g/mol. The maximum absolute atomic E-state index is 12.5. The van der Waals surface area contributed by atoms with Crippen LogP contribution in [0.1, 0.15) is 14.9 Å². The van der Waals surface area contributed by atoms with Crippen molar-refractivity contribution >= 4 is 37.5 Å². The van der Waals surface area contributed by atoms with Crippen molar-refractivity contribution in [2.24, 2.45) is 0 Å². The van der Waals surface area contributed by atoms with Crippen molar-refractivity contribution in [3.05, 3.63) is 69.1 Å². The second-order valence-corrected chi connectivity index (χ2v) is 7.10. The summed E-state index contributed by atoms with van der Waals surface area (Å²) >= 11 is 0. The zero-order valence-electron chi connectivity index (χ0n) is 16.2. The van der Waals surface area contributed by atoms with E-state index >= 15 is 0 Å². The summed E-state index contributed by atoms with van der Waals surface area (Å²) in [6.45, 7) is 0. The Labute approximate surface area is 239 Å². The van der Waals surface area contributed by atoms with Gasteiger partial charge in [-0.2, -0.15) is 18.2 Å². The summed E-state index contributed by atoms with van der Waals surface area (Å²) in [4.78, 5) is 22.7. The summed E-state index contributed by atoms with van der Waals surface area (Å²) < 4.78 is 74.2. The number of hydrogen-bond acceptors (Lipinski definition) is 11. The topological polar surface area (TPSA) is 217 Å². The van der Waals surface area contributed by atoms with Crippen molar-refractivity contribution < 1.29 is 103 Å². The summed E-state index contributed by atoms with van der Waals surface area (Å²) in [5.74, 6) is -0.747. The molecule has 1 N–H and O–H groups in total. The quantitative estimate of drug-likeness (QED) is 0.0851. The van der Waals surface area contributed by atoms with Crippen molar-refractivity contribution in [1.29, 1.82) is 0 Å². The van der Waals surface area contributed by atoms with Gasteiger partial charge in [-0.1, -0.05) is 14.9 Å². The van der Waals surface area contributed by atoms with Crippen molar-refractivity contribution in [3.63, 3.8) is 0 Å². The Morgan fingerprint density at radius 3 is 2.12 bits per heavy atom. The number of benzene rings is 2. The van der Waals surface area contributed by atoms with Crippen LogP contribution < -0.4 is 68.7 Å². The van der Waals surface area contributed by atoms with Crippen LogP contribution in [0.15, 0.2) is 51.9 Å². The summed E-state index contributed by atoms with van der Waals surface area (Å²) in [6.07, 6.45) is 1.13. The molecule has 17 heteroatoms. The van der Waals surface area contributed by atoms with E-state index in [1.165, 1.54) is 24.3 Å². The van der Waals surface area contributed by atoms with Crippen LogP contribution in [0.3, 0.4) is 0 Å². The standard InChI is InChI=1S/C15H8NO8S.2CH4.2Na.H2O4S/c17-15-10-3-1-2-4-13(10)23-8-11(15)9-5-6-14(24-25(20,21)22)12(7-9)16(18)19;;;;;1-5(2,3)4/h1,3-8H,(H,20,21,22);2*1H4;;;(H2,1,2,3,4)/q-1;;;2*+1;/p-2. The smallest absolute Gasteiger partial charge is 0.726 e. The van der Waals surface area contributed by atoms with Gasteiger partial charge in [0.15, 0.2) is 5.43 Å². The Morgan fingerprint density at radius 2 is 1.62 bits per heavy atom. The fourth-order valence-electron chi connectivity index (χ4n) is 2.23. The Kier molecular flexibility index (Phi) is 16.3. The van der Waals surface area contributed by atoms with Gasteiger partial charge in [-0.15, -0.1) is 6.07 Å². The number of nitro groups is 1. The molecule has 0 saturated heterocycles. The molecule has 0 saturated carbocycles. The van der Waals surface area contributed by atoms with Crippen LogP contribution in [-0.4, -0.2) is 35.4 Å². The van der Waals surface area contributed by atoms with E-state index in [0.29, 0.717) is 5.58 Å². The minimum absolute atomic E-state index is 0. The van der Waals surface area contributed by atoms with Gasteiger partial charge in [0.1, 0.15) is 0 Å². The number of fused-ring (bicyclic) bond motifs is 1. The van der Waals surface area contributed by atoms with Gasteiger partial charge < -0.3 is 17.7 Å². The van der Waals surface area contributed by atoms with Gasteiger partial charge in [0.25, 0.3) is 10.4 Å². The summed E-state index contributed by atoms with van der Waals surface area (Å²) in [7, 11) is -10.1. The van der Waals surface area contributed by atoms with Crippen molar-refractivity contribution in [2.45, 2.75) is 14.9 Å². The molecule has 2 aromatic carbocycles. The zero-order chi connectivity index (χ0) is 22.7. The molecule has 0 amide bonds. The maximum Gasteiger partial charge on any atom is 1.00 e. The molecule has 0 atom stereocenters. The van der Waals surface area contributed by atoms with Gasteiger partial charge in [0.2, 0.25) is 16.1 Å². The molecule has 0 aliphatic rings. The predicted molar refractivity (Wildman–Crippen MR) is 110 cm³/mol. The molecular weight excluding hydrogens is 520 g/mol. The Morgan fingerprint density at radius 1 is 1.06 bits per heavy atom. The van der Waals surface area contributed by atoms with Gasteiger partial charge in [-0.05, 0) is 23.1 Å². The summed E-state index contributed by atoms with van der Waals surface area (Å²) in [5.41, 5.74) is -0.792. The molecule has 0 unspecified atom stereocenters. The SMILES string of the molecule is C.C.O=S(=O)([O-])O.O=c1c(-c2ccc(OS(=O)(=O)[O-])c([N+](=O)[O-])c2)coc2c[c-]ccc12.[Na+].[Na+]. The van der Waals surface area contributed by atoms with Gasteiger partial charge in [-0.25, -0.2) is 16.8 Å². The van der Waals surface area contributed by atoms with Crippen LogP contribution in [0, 0.1) is 16.2 Å². The molecule has 0 bridgehead atoms. The van der Waals surface area contributed by atoms with E-state index < -0.39 is 42.6 Å². The van der Waals surface area contributed by atoms with Crippen LogP contribution in [0.4, 0.5) is 5.69 Å². The normalized spacial score (nSPS) is 10.1. The number of nitro benzene ring substituents is 1. The van der Waals surface area contributed by atoms with E-state index in [0.717, 1.165) is 18.4 Å². The van der Waals surface area contributed by atoms with Gasteiger partial charge in [-0.3, -0.25) is 19.5 Å². The third-order valence-electron chi connectivity index (χ3n) is 3.28. The molecule has 3 aromatic rings. The molecule has 34 heavy (non-hydrogen) atoms. The second-order valence-electron chi connectivity index (χ2n) is 5.26. The van der Waals surface area contributed by atoms with Crippen LogP contribution in [0.5, 0.6) is 5.75 Å². The first-order valence-corrected chi connectivity index (χ1v) is 10.00. The minimum Gasteiger partial charge on any atom is -0.726 e. The van der Waals surface area contributed by atoms with Crippen LogP contribution in [-0.2, 0) is 20.8 Å². The zero-order valence-corrected chi connectivity index (χ0v) is 21.9. The third-order valence-corrected chi connectivity index (χ3v) is 3.66. The van der Waals surface area contributed by atoms with Gasteiger partial charge in [0, 0.05) is 11.6 Å². The Bertz CT molecular complexity index is 1380. The summed E-state index contributed by atoms with van der Waals surface area (Å²) in [5, 5.41) is 11.4. The van der Waals surface area contributed by atoms with E-state index in [2.05, 4.69) is 10.2 Å². The van der Waals surface area contributed by atoms with E-state index in [1.807, 2.05) is 0 Å². The van der Waals surface area contributed by atoms with Gasteiger partial charge >= 0.3 is 64.8 Å². The van der Waals surface area contributed by atoms with Crippen LogP contribution >= 0.6 is 0 Å². The van der Waals surface area contributed by atoms with E-state index in [-0.39, 0.29) is 90.5 Å². The fraction of sp³-hybridized carbons (Fsp3) is 0.118. The molecule has 1 aromatic heterocycles. The Hall–Kier alpha value is -1.37. The molecule has 13 nitrogen and oxygen atoms in total. The van der Waals surface area contributed by atoms with E-state index in [9.17, 15) is 27.9 Å². The second kappa shape index (κ2) is 14.9. The summed E-state index contributed by atoms with van der Waals surface area (Å²) in [6, 6.07) is 10.3. The van der Waals surface area contributed by atoms with Crippen LogP contribution in [0.25, 0.3) is 22.1 Å².